The van der Waals surface area contributed by atoms with Crippen LogP contribution >= 0.6 is 0 Å². The number of piperidine rings is 1. The van der Waals surface area contributed by atoms with E-state index < -0.39 is 24.6 Å². The number of carbonyl (C=O) groups excluding carboxylic acids is 3. The summed E-state index contributed by atoms with van der Waals surface area (Å²) < 4.78 is 19.8. The van der Waals surface area contributed by atoms with Crippen LogP contribution in [0.5, 0.6) is 5.75 Å². The van der Waals surface area contributed by atoms with Crippen molar-refractivity contribution in [2.24, 2.45) is 11.8 Å². The third kappa shape index (κ3) is 3.63. The van der Waals surface area contributed by atoms with Crippen LogP contribution in [0.1, 0.15) is 44.7 Å². The molecule has 2 N–H and O–H groups in total. The van der Waals surface area contributed by atoms with Gasteiger partial charge in [-0.2, -0.15) is 0 Å². The van der Waals surface area contributed by atoms with Gasteiger partial charge in [0.1, 0.15) is 18.5 Å². The Balaban J connectivity index is 1.46. The van der Waals surface area contributed by atoms with Crippen molar-refractivity contribution in [3.8, 4) is 5.75 Å². The zero-order chi connectivity index (χ0) is 23.3. The predicted molar refractivity (Wildman–Crippen MR) is 119 cm³/mol. The molecular formula is C25H26FN3O4. The van der Waals surface area contributed by atoms with Gasteiger partial charge in [0.25, 0.3) is 11.8 Å². The molecule has 1 saturated heterocycles. The number of hydrogen-bond donors (Lipinski definition) is 2. The minimum atomic E-state index is -0.774. The van der Waals surface area contributed by atoms with E-state index in [1.165, 1.54) is 13.1 Å². The van der Waals surface area contributed by atoms with Crippen LogP contribution in [0, 0.1) is 11.8 Å². The summed E-state index contributed by atoms with van der Waals surface area (Å²) in [6.45, 7) is 2.14. The number of nitrogens with one attached hydrogen (secondary N) is 2. The molecule has 3 amide bonds. The van der Waals surface area contributed by atoms with Gasteiger partial charge in [-0.25, -0.2) is 4.39 Å². The van der Waals surface area contributed by atoms with Gasteiger partial charge >= 0.3 is 0 Å². The molecule has 8 heteroatoms. The van der Waals surface area contributed by atoms with E-state index >= 15 is 0 Å². The Morgan fingerprint density at radius 3 is 2.39 bits per heavy atom. The normalized spacial score (nSPS) is 26.8. The molecule has 2 aromatic rings. The summed E-state index contributed by atoms with van der Waals surface area (Å²) in [5.74, 6) is -0.200. The van der Waals surface area contributed by atoms with E-state index in [0.717, 1.165) is 5.56 Å². The highest BCUT2D eigenvalue weighted by Gasteiger charge is 2.57. The lowest BCUT2D eigenvalue weighted by Gasteiger charge is -2.18. The molecule has 2 aliphatic heterocycles. The van der Waals surface area contributed by atoms with Crippen molar-refractivity contribution >= 4 is 17.7 Å². The smallest absolute Gasteiger partial charge is 0.254 e. The molecule has 0 aromatic heterocycles. The molecule has 7 nitrogen and oxygen atoms in total. The minimum Gasteiger partial charge on any atom is -0.486 e. The van der Waals surface area contributed by atoms with Gasteiger partial charge < -0.3 is 20.3 Å². The van der Waals surface area contributed by atoms with Gasteiger partial charge in [-0.05, 0) is 17.7 Å². The molecule has 2 fully saturated rings. The van der Waals surface area contributed by atoms with Gasteiger partial charge in [-0.15, -0.1) is 0 Å². The Hall–Kier alpha value is -3.42. The van der Waals surface area contributed by atoms with Crippen LogP contribution in [0.2, 0.25) is 0 Å². The number of rotatable bonds is 5. The molecule has 5 atom stereocenters. The van der Waals surface area contributed by atoms with E-state index in [1.807, 2.05) is 30.3 Å². The quantitative estimate of drug-likeness (QED) is 0.729. The Morgan fingerprint density at radius 2 is 1.79 bits per heavy atom. The second-order valence-electron chi connectivity index (χ2n) is 8.97. The lowest BCUT2D eigenvalue weighted by atomic mass is 9.86. The number of benzene rings is 2. The third-order valence-electron chi connectivity index (χ3n) is 7.08. The number of halogens is 1. The van der Waals surface area contributed by atoms with Crippen molar-refractivity contribution in [2.45, 2.75) is 25.0 Å². The second kappa shape index (κ2) is 8.17. The fourth-order valence-corrected chi connectivity index (χ4v) is 5.28. The monoisotopic (exact) mass is 451 g/mol. The first-order valence-corrected chi connectivity index (χ1v) is 11.2. The summed E-state index contributed by atoms with van der Waals surface area (Å²) in [7, 11) is 1.50. The van der Waals surface area contributed by atoms with Gasteiger partial charge in [0.15, 0.2) is 0 Å². The zero-order valence-electron chi connectivity index (χ0n) is 18.5. The summed E-state index contributed by atoms with van der Waals surface area (Å²) in [5.41, 5.74) is 2.05. The lowest BCUT2D eigenvalue weighted by Crippen LogP contribution is -2.36. The first kappa shape index (κ1) is 21.4. The molecule has 0 radical (unpaired) electrons. The fraction of sp³-hybridized carbons (Fsp3) is 0.400. The van der Waals surface area contributed by atoms with E-state index in [0.29, 0.717) is 30.0 Å². The molecule has 1 unspecified atom stereocenters. The maximum Gasteiger partial charge on any atom is 0.254 e. The maximum absolute atomic E-state index is 13.9. The first-order valence-electron chi connectivity index (χ1n) is 11.2. The number of carbonyl (C=O) groups is 3. The lowest BCUT2D eigenvalue weighted by molar-refractivity contribution is -0.128. The van der Waals surface area contributed by atoms with Crippen LogP contribution in [0.4, 0.5) is 4.39 Å². The Bertz CT molecular complexity index is 1110. The number of likely N-dealkylation sites (tertiary alicyclic amines) is 1. The average molecular weight is 451 g/mol. The molecule has 2 heterocycles. The fourth-order valence-electron chi connectivity index (χ4n) is 5.28. The van der Waals surface area contributed by atoms with E-state index in [-0.39, 0.29) is 35.3 Å². The van der Waals surface area contributed by atoms with Crippen LogP contribution in [-0.2, 0) is 4.79 Å². The van der Waals surface area contributed by atoms with Gasteiger partial charge in [-0.1, -0.05) is 30.3 Å². The highest BCUT2D eigenvalue weighted by Crippen LogP contribution is 2.47. The Kier molecular flexibility index (Phi) is 5.31. The van der Waals surface area contributed by atoms with Crippen molar-refractivity contribution in [1.82, 2.24) is 15.5 Å². The van der Waals surface area contributed by atoms with Gasteiger partial charge in [0.05, 0.1) is 11.5 Å². The average Bonchev–Trinajstić information content (AvgIpc) is 3.18. The van der Waals surface area contributed by atoms with Gasteiger partial charge in [0, 0.05) is 56.1 Å². The number of nitrogens with zero attached hydrogens (tertiary/aromatic N) is 1. The van der Waals surface area contributed by atoms with Crippen molar-refractivity contribution in [3.63, 3.8) is 0 Å². The molecular weight excluding hydrogens is 425 g/mol. The standard InChI is InChI=1S/C25H26FN3O4/c1-13(30)29-11-18-19(12-29)22(18)28-24(31)15-8-16-21(14-6-4-3-5-7-14)20(10-26)33-23(16)17(9-15)25(32)27-2/h3-9,18-22H,10-12H2,1-2H3,(H,27,32)(H,28,31)/t18-,19+,20-,21+,22?/m0/s1. The van der Waals surface area contributed by atoms with Gasteiger partial charge in [-0.3, -0.25) is 14.4 Å². The molecule has 2 aromatic carbocycles. The highest BCUT2D eigenvalue weighted by molar-refractivity contribution is 6.02. The van der Waals surface area contributed by atoms with Crippen LogP contribution in [-0.4, -0.2) is 61.6 Å². The summed E-state index contributed by atoms with van der Waals surface area (Å²) in [5, 5.41) is 5.65. The number of ether oxygens (including phenoxy) is 1. The van der Waals surface area contributed by atoms with Crippen molar-refractivity contribution in [3.05, 3.63) is 64.7 Å². The first-order chi connectivity index (χ1) is 15.9. The minimum absolute atomic E-state index is 0.0181. The number of alkyl halides is 1. The molecule has 3 aliphatic rings. The molecule has 5 rings (SSSR count). The van der Waals surface area contributed by atoms with Crippen molar-refractivity contribution < 1.29 is 23.5 Å². The van der Waals surface area contributed by atoms with Crippen LogP contribution in [0.25, 0.3) is 0 Å². The van der Waals surface area contributed by atoms with Crippen LogP contribution in [0.15, 0.2) is 42.5 Å². The molecule has 33 heavy (non-hydrogen) atoms. The van der Waals surface area contributed by atoms with E-state index in [9.17, 15) is 18.8 Å². The molecule has 0 spiro atoms. The zero-order valence-corrected chi connectivity index (χ0v) is 18.5. The second-order valence-corrected chi connectivity index (χ2v) is 8.97. The number of amides is 3. The molecule has 172 valence electrons. The van der Waals surface area contributed by atoms with E-state index in [1.54, 1.807) is 17.9 Å². The number of fused-ring (bicyclic) bond motifs is 2. The Morgan fingerprint density at radius 1 is 1.09 bits per heavy atom. The summed E-state index contributed by atoms with van der Waals surface area (Å²) in [6, 6.07) is 12.6. The number of hydrogen-bond acceptors (Lipinski definition) is 4. The maximum atomic E-state index is 13.9. The molecule has 1 aliphatic carbocycles. The highest BCUT2D eigenvalue weighted by atomic mass is 19.1. The summed E-state index contributed by atoms with van der Waals surface area (Å²) >= 11 is 0. The third-order valence-corrected chi connectivity index (χ3v) is 7.08. The predicted octanol–water partition coefficient (Wildman–Crippen LogP) is 2.12. The van der Waals surface area contributed by atoms with Crippen LogP contribution < -0.4 is 15.4 Å². The van der Waals surface area contributed by atoms with E-state index in [2.05, 4.69) is 10.6 Å². The van der Waals surface area contributed by atoms with Crippen LogP contribution in [0.3, 0.4) is 0 Å². The topological polar surface area (TPSA) is 87.7 Å². The molecule has 1 saturated carbocycles. The summed E-state index contributed by atoms with van der Waals surface area (Å²) in [4.78, 5) is 39.2. The largest absolute Gasteiger partial charge is 0.486 e. The van der Waals surface area contributed by atoms with Crippen molar-refractivity contribution in [2.75, 3.05) is 26.8 Å². The van der Waals surface area contributed by atoms with Crippen molar-refractivity contribution in [1.29, 1.82) is 0 Å². The van der Waals surface area contributed by atoms with Gasteiger partial charge in [0.2, 0.25) is 5.91 Å². The summed E-state index contributed by atoms with van der Waals surface area (Å²) in [6.07, 6.45) is -0.774. The SMILES string of the molecule is CNC(=O)c1cc(C(=O)NC2[C@H]3CN(C(C)=O)C[C@@H]23)cc2c1O[C@@H](CF)[C@@H]2c1ccccc1. The Labute approximate surface area is 191 Å². The van der Waals surface area contributed by atoms with E-state index in [4.69, 9.17) is 4.74 Å². The molecule has 0 bridgehead atoms.